The number of pyridine rings is 1. The minimum absolute atomic E-state index is 0.0214. The van der Waals surface area contributed by atoms with Crippen molar-refractivity contribution < 1.29 is 31.1 Å². The Morgan fingerprint density at radius 2 is 1.74 bits per heavy atom. The van der Waals surface area contributed by atoms with Crippen LogP contribution < -0.4 is 14.8 Å². The number of sulfonamides is 1. The van der Waals surface area contributed by atoms with Gasteiger partial charge < -0.3 is 10.1 Å². The molecule has 1 aromatic heterocycles. The minimum atomic E-state index is -4.50. The number of ether oxygens (including phenoxy) is 1. The molecule has 7 nitrogen and oxygen atoms in total. The number of rotatable bonds is 9. The molecule has 0 aliphatic carbocycles. The minimum Gasteiger partial charge on any atom is -0.468 e. The highest BCUT2D eigenvalue weighted by Crippen LogP contribution is 2.19. The molecule has 11 heteroatoms. The summed E-state index contributed by atoms with van der Waals surface area (Å²) in [4.78, 5) is 16.4. The van der Waals surface area contributed by atoms with Gasteiger partial charge in [0, 0.05) is 30.9 Å². The summed E-state index contributed by atoms with van der Waals surface area (Å²) in [6.45, 7) is 0.262. The van der Waals surface area contributed by atoms with Gasteiger partial charge in [0.15, 0.2) is 6.61 Å². The number of nitrogens with one attached hydrogen (secondary N) is 2. The van der Waals surface area contributed by atoms with E-state index in [9.17, 15) is 26.4 Å². The van der Waals surface area contributed by atoms with E-state index in [0.29, 0.717) is 11.1 Å². The van der Waals surface area contributed by atoms with Gasteiger partial charge in [0.1, 0.15) is 0 Å². The molecule has 0 atom stereocenters. The third-order valence-electron chi connectivity index (χ3n) is 4.71. The molecule has 0 spiro atoms. The molecule has 1 heterocycles. The van der Waals surface area contributed by atoms with E-state index in [1.807, 2.05) is 6.07 Å². The summed E-state index contributed by atoms with van der Waals surface area (Å²) in [5.41, 5.74) is 1.96. The van der Waals surface area contributed by atoms with Gasteiger partial charge in [-0.05, 0) is 41.8 Å². The highest BCUT2D eigenvalue weighted by molar-refractivity contribution is 7.89. The van der Waals surface area contributed by atoms with E-state index in [1.54, 1.807) is 31.2 Å². The Kier molecular flexibility index (Phi) is 7.90. The number of amides is 1. The van der Waals surface area contributed by atoms with Crippen LogP contribution in [0.15, 0.2) is 71.8 Å². The third-order valence-corrected chi connectivity index (χ3v) is 6.11. The zero-order valence-electron chi connectivity index (χ0n) is 18.1. The highest BCUT2D eigenvalue weighted by Gasteiger charge is 2.28. The number of aromatic nitrogens is 1. The lowest BCUT2D eigenvalue weighted by molar-refractivity contribution is -0.154. The summed E-state index contributed by atoms with van der Waals surface area (Å²) < 4.78 is 69.5. The molecule has 180 valence electrons. The smallest absolute Gasteiger partial charge is 0.422 e. The second kappa shape index (κ2) is 10.7. The first-order valence-corrected chi connectivity index (χ1v) is 11.6. The highest BCUT2D eigenvalue weighted by atomic mass is 32.2. The topological polar surface area (TPSA) is 97.4 Å². The van der Waals surface area contributed by atoms with Gasteiger partial charge in [0.05, 0.1) is 4.90 Å². The second-order valence-electron chi connectivity index (χ2n) is 7.38. The number of alkyl halides is 3. The molecule has 0 aliphatic heterocycles. The lowest BCUT2D eigenvalue weighted by atomic mass is 10.1. The Balaban J connectivity index is 1.67. The van der Waals surface area contributed by atoms with E-state index in [4.69, 9.17) is 0 Å². The van der Waals surface area contributed by atoms with Crippen molar-refractivity contribution in [3.8, 4) is 5.88 Å². The number of carbonyl (C=O) groups is 1. The summed E-state index contributed by atoms with van der Waals surface area (Å²) in [5.74, 6) is -0.759. The monoisotopic (exact) mass is 493 g/mol. The number of aryl methyl sites for hydroxylation is 1. The third kappa shape index (κ3) is 7.29. The van der Waals surface area contributed by atoms with Crippen molar-refractivity contribution in [1.82, 2.24) is 15.0 Å². The largest absolute Gasteiger partial charge is 0.468 e. The molecule has 0 saturated heterocycles. The van der Waals surface area contributed by atoms with Gasteiger partial charge in [0.25, 0.3) is 5.91 Å². The summed E-state index contributed by atoms with van der Waals surface area (Å²) in [5, 5.41) is 2.63. The Hall–Kier alpha value is -3.44. The quantitative estimate of drug-likeness (QED) is 0.473. The first-order valence-electron chi connectivity index (χ1n) is 10.1. The van der Waals surface area contributed by atoms with Gasteiger partial charge >= 0.3 is 6.18 Å². The molecule has 0 bridgehead atoms. The number of benzene rings is 2. The zero-order chi connectivity index (χ0) is 24.8. The van der Waals surface area contributed by atoms with Crippen LogP contribution >= 0.6 is 0 Å². The van der Waals surface area contributed by atoms with E-state index >= 15 is 0 Å². The van der Waals surface area contributed by atoms with Gasteiger partial charge in [0.2, 0.25) is 15.9 Å². The Morgan fingerprint density at radius 1 is 1.00 bits per heavy atom. The average Bonchev–Trinajstić information content (AvgIpc) is 2.81. The number of hydrogen-bond acceptors (Lipinski definition) is 5. The van der Waals surface area contributed by atoms with Crippen molar-refractivity contribution in [3.05, 3.63) is 89.1 Å². The van der Waals surface area contributed by atoms with Crippen LogP contribution in [0, 0.1) is 6.92 Å². The molecule has 3 rings (SSSR count). The molecule has 0 saturated carbocycles. The van der Waals surface area contributed by atoms with Gasteiger partial charge in [-0.2, -0.15) is 13.2 Å². The zero-order valence-corrected chi connectivity index (χ0v) is 18.9. The molecule has 2 aromatic carbocycles. The molecular weight excluding hydrogens is 471 g/mol. The van der Waals surface area contributed by atoms with Gasteiger partial charge in [-0.25, -0.2) is 18.1 Å². The molecule has 0 aliphatic rings. The van der Waals surface area contributed by atoms with E-state index in [-0.39, 0.29) is 29.4 Å². The summed E-state index contributed by atoms with van der Waals surface area (Å²) in [7, 11) is -3.87. The van der Waals surface area contributed by atoms with Crippen LogP contribution in [-0.2, 0) is 23.1 Å². The van der Waals surface area contributed by atoms with Crippen LogP contribution in [0.5, 0.6) is 5.88 Å². The van der Waals surface area contributed by atoms with Crippen molar-refractivity contribution in [3.63, 3.8) is 0 Å². The van der Waals surface area contributed by atoms with E-state index in [1.165, 1.54) is 36.5 Å². The molecule has 0 radical (unpaired) electrons. The van der Waals surface area contributed by atoms with Gasteiger partial charge in [-0.1, -0.05) is 36.4 Å². The fourth-order valence-electron chi connectivity index (χ4n) is 2.94. The Bertz CT molecular complexity index is 1250. The van der Waals surface area contributed by atoms with Crippen LogP contribution in [0.25, 0.3) is 0 Å². The van der Waals surface area contributed by atoms with E-state index < -0.39 is 28.7 Å². The normalized spacial score (nSPS) is 11.8. The van der Waals surface area contributed by atoms with Crippen molar-refractivity contribution in [1.29, 1.82) is 0 Å². The molecule has 3 aromatic rings. The van der Waals surface area contributed by atoms with E-state index in [0.717, 1.165) is 5.56 Å². The van der Waals surface area contributed by atoms with Crippen LogP contribution in [0.2, 0.25) is 0 Å². The van der Waals surface area contributed by atoms with Gasteiger partial charge in [-0.15, -0.1) is 0 Å². The van der Waals surface area contributed by atoms with Crippen molar-refractivity contribution in [2.24, 2.45) is 0 Å². The first kappa shape index (κ1) is 25.2. The van der Waals surface area contributed by atoms with Crippen LogP contribution in [0.1, 0.15) is 27.0 Å². The van der Waals surface area contributed by atoms with Crippen molar-refractivity contribution in [2.75, 3.05) is 6.61 Å². The molecule has 34 heavy (non-hydrogen) atoms. The fraction of sp³-hybridized carbons (Fsp3) is 0.217. The molecule has 1 amide bonds. The predicted octanol–water partition coefficient (Wildman–Crippen LogP) is 3.74. The van der Waals surface area contributed by atoms with Crippen LogP contribution in [0.3, 0.4) is 0 Å². The lowest BCUT2D eigenvalue weighted by Crippen LogP contribution is -2.26. The Morgan fingerprint density at radius 3 is 2.44 bits per heavy atom. The number of halogens is 3. The molecular formula is C23H22F3N3O4S. The lowest BCUT2D eigenvalue weighted by Gasteiger charge is -2.12. The van der Waals surface area contributed by atoms with Crippen LogP contribution in [-0.4, -0.2) is 32.1 Å². The summed E-state index contributed by atoms with van der Waals surface area (Å²) in [6.07, 6.45) is -3.23. The number of hydrogen-bond donors (Lipinski definition) is 2. The molecule has 0 unspecified atom stereocenters. The standard InChI is InChI=1S/C23H22F3N3O4S/c1-16-7-8-19(34(31,32)29-14-17-5-3-2-4-6-17)12-20(16)22(30)28-13-18-9-10-27-21(11-18)33-15-23(24,25)26/h2-12,29H,13-15H2,1H3,(H,28,30). The van der Waals surface area contributed by atoms with Gasteiger partial charge in [-0.3, -0.25) is 4.79 Å². The summed E-state index contributed by atoms with van der Waals surface area (Å²) in [6, 6.07) is 16.0. The molecule has 2 N–H and O–H groups in total. The SMILES string of the molecule is Cc1ccc(S(=O)(=O)NCc2ccccc2)cc1C(=O)NCc1ccnc(OCC(F)(F)F)c1. The maximum absolute atomic E-state index is 12.7. The van der Waals surface area contributed by atoms with Crippen LogP contribution in [0.4, 0.5) is 13.2 Å². The first-order chi connectivity index (χ1) is 16.0. The average molecular weight is 494 g/mol. The number of nitrogens with zero attached hydrogens (tertiary/aromatic N) is 1. The number of carbonyl (C=O) groups excluding carboxylic acids is 1. The van der Waals surface area contributed by atoms with Crippen molar-refractivity contribution in [2.45, 2.75) is 31.1 Å². The fourth-order valence-corrected chi connectivity index (χ4v) is 3.99. The maximum Gasteiger partial charge on any atom is 0.422 e. The Labute approximate surface area is 195 Å². The maximum atomic E-state index is 12.7. The van der Waals surface area contributed by atoms with Crippen molar-refractivity contribution >= 4 is 15.9 Å². The predicted molar refractivity (Wildman–Crippen MR) is 119 cm³/mol. The second-order valence-corrected chi connectivity index (χ2v) is 9.14. The molecule has 0 fully saturated rings. The van der Waals surface area contributed by atoms with E-state index in [2.05, 4.69) is 19.8 Å². The summed E-state index contributed by atoms with van der Waals surface area (Å²) >= 11 is 0.